The van der Waals surface area contributed by atoms with Gasteiger partial charge in [0.05, 0.1) is 5.69 Å². The molecule has 25 heavy (non-hydrogen) atoms. The van der Waals surface area contributed by atoms with E-state index in [0.717, 1.165) is 18.7 Å². The Morgan fingerprint density at radius 2 is 2.12 bits per heavy atom. The summed E-state index contributed by atoms with van der Waals surface area (Å²) in [7, 11) is 1.87. The van der Waals surface area contributed by atoms with E-state index in [-0.39, 0.29) is 17.9 Å². The molecule has 1 aliphatic heterocycles. The van der Waals surface area contributed by atoms with Crippen LogP contribution in [-0.4, -0.2) is 47.6 Å². The molecule has 0 spiro atoms. The number of nitrogens with zero attached hydrogens (tertiary/aromatic N) is 2. The first-order chi connectivity index (χ1) is 12.0. The van der Waals surface area contributed by atoms with Crippen LogP contribution in [0, 0.1) is 5.82 Å². The molecule has 1 saturated heterocycles. The van der Waals surface area contributed by atoms with Crippen molar-refractivity contribution in [3.63, 3.8) is 0 Å². The molecule has 3 rings (SSSR count). The zero-order valence-electron chi connectivity index (χ0n) is 15.3. The number of urea groups is 1. The average Bonchev–Trinajstić information content (AvgIpc) is 2.60. The van der Waals surface area contributed by atoms with Gasteiger partial charge in [0.15, 0.2) is 0 Å². The lowest BCUT2D eigenvalue weighted by molar-refractivity contribution is 0.171. The Labute approximate surface area is 154 Å². The normalized spacial score (nSPS) is 23.3. The SMILES string of the molecule is CC(C)N(C)c1ccc(NC(=O)N2CCS[C@@H]3CCCC[C@@H]32)cc1F. The van der Waals surface area contributed by atoms with Gasteiger partial charge in [0, 0.05) is 42.4 Å². The Morgan fingerprint density at radius 3 is 2.84 bits per heavy atom. The lowest BCUT2D eigenvalue weighted by Gasteiger charge is -2.43. The Morgan fingerprint density at radius 1 is 1.36 bits per heavy atom. The highest BCUT2D eigenvalue weighted by Crippen LogP contribution is 2.35. The summed E-state index contributed by atoms with van der Waals surface area (Å²) >= 11 is 2.00. The average molecular weight is 366 g/mol. The third kappa shape index (κ3) is 4.05. The van der Waals surface area contributed by atoms with Crippen LogP contribution < -0.4 is 10.2 Å². The molecule has 0 unspecified atom stereocenters. The van der Waals surface area contributed by atoms with Gasteiger partial charge < -0.3 is 15.1 Å². The first-order valence-corrected chi connectivity index (χ1v) is 10.2. The largest absolute Gasteiger partial charge is 0.370 e. The molecule has 2 aliphatic rings. The van der Waals surface area contributed by atoms with Crippen molar-refractivity contribution in [2.75, 3.05) is 29.6 Å². The fourth-order valence-electron chi connectivity index (χ4n) is 3.69. The second-order valence-corrected chi connectivity index (χ2v) is 8.60. The van der Waals surface area contributed by atoms with E-state index in [9.17, 15) is 9.18 Å². The van der Waals surface area contributed by atoms with E-state index in [1.165, 1.54) is 25.3 Å². The summed E-state index contributed by atoms with van der Waals surface area (Å²) in [4.78, 5) is 16.6. The number of carbonyl (C=O) groups excluding carboxylic acids is 1. The van der Waals surface area contributed by atoms with Gasteiger partial charge in [-0.2, -0.15) is 11.8 Å². The third-order valence-electron chi connectivity index (χ3n) is 5.35. The van der Waals surface area contributed by atoms with Crippen molar-refractivity contribution in [1.29, 1.82) is 0 Å². The summed E-state index contributed by atoms with van der Waals surface area (Å²) in [6.45, 7) is 4.81. The van der Waals surface area contributed by atoms with Crippen LogP contribution in [0.5, 0.6) is 0 Å². The molecule has 1 N–H and O–H groups in total. The maximum atomic E-state index is 14.4. The van der Waals surface area contributed by atoms with E-state index in [1.54, 1.807) is 12.1 Å². The van der Waals surface area contributed by atoms with Gasteiger partial charge in [0.25, 0.3) is 0 Å². The predicted octanol–water partition coefficient (Wildman–Crippen LogP) is 4.56. The van der Waals surface area contributed by atoms with Crippen LogP contribution in [0.4, 0.5) is 20.6 Å². The van der Waals surface area contributed by atoms with Crippen molar-refractivity contribution in [2.24, 2.45) is 0 Å². The highest BCUT2D eigenvalue weighted by Gasteiger charge is 2.36. The van der Waals surface area contributed by atoms with Gasteiger partial charge in [-0.25, -0.2) is 9.18 Å². The Balaban J connectivity index is 1.69. The van der Waals surface area contributed by atoms with Crippen molar-refractivity contribution in [1.82, 2.24) is 4.90 Å². The summed E-state index contributed by atoms with van der Waals surface area (Å²) < 4.78 is 14.4. The lowest BCUT2D eigenvalue weighted by Crippen LogP contribution is -2.53. The molecule has 2 amide bonds. The zero-order valence-corrected chi connectivity index (χ0v) is 16.1. The monoisotopic (exact) mass is 365 g/mol. The van der Waals surface area contributed by atoms with E-state index in [4.69, 9.17) is 0 Å². The molecule has 138 valence electrons. The number of anilines is 2. The maximum Gasteiger partial charge on any atom is 0.322 e. The number of rotatable bonds is 3. The first-order valence-electron chi connectivity index (χ1n) is 9.19. The summed E-state index contributed by atoms with van der Waals surface area (Å²) in [6, 6.07) is 5.38. The lowest BCUT2D eigenvalue weighted by atomic mass is 9.93. The van der Waals surface area contributed by atoms with Crippen LogP contribution in [0.2, 0.25) is 0 Å². The zero-order chi connectivity index (χ0) is 18.0. The molecule has 4 nitrogen and oxygen atoms in total. The molecule has 0 bridgehead atoms. The fourth-order valence-corrected chi connectivity index (χ4v) is 5.14. The minimum atomic E-state index is -0.307. The molecule has 0 aromatic heterocycles. The number of fused-ring (bicyclic) bond motifs is 1. The highest BCUT2D eigenvalue weighted by atomic mass is 32.2. The van der Waals surface area contributed by atoms with Crippen molar-refractivity contribution >= 4 is 29.2 Å². The van der Waals surface area contributed by atoms with Crippen molar-refractivity contribution in [2.45, 2.75) is 56.9 Å². The summed E-state index contributed by atoms with van der Waals surface area (Å²) in [5.74, 6) is 0.680. The first kappa shape index (κ1) is 18.4. The molecule has 1 aliphatic carbocycles. The Bertz CT molecular complexity index is 623. The quantitative estimate of drug-likeness (QED) is 0.853. The number of nitrogens with one attached hydrogen (secondary N) is 1. The van der Waals surface area contributed by atoms with Crippen molar-refractivity contribution in [3.8, 4) is 0 Å². The minimum absolute atomic E-state index is 0.0958. The molecule has 1 aromatic rings. The van der Waals surface area contributed by atoms with Crippen molar-refractivity contribution in [3.05, 3.63) is 24.0 Å². The second-order valence-electron chi connectivity index (χ2n) is 7.26. The van der Waals surface area contributed by atoms with E-state index >= 15 is 0 Å². The topological polar surface area (TPSA) is 35.6 Å². The molecule has 0 radical (unpaired) electrons. The molecular weight excluding hydrogens is 337 g/mol. The smallest absolute Gasteiger partial charge is 0.322 e. The molecule has 1 saturated carbocycles. The second kappa shape index (κ2) is 7.85. The van der Waals surface area contributed by atoms with E-state index < -0.39 is 0 Å². The van der Waals surface area contributed by atoms with Gasteiger partial charge in [-0.1, -0.05) is 12.8 Å². The number of thioether (sulfide) groups is 1. The number of hydrogen-bond donors (Lipinski definition) is 1. The molecule has 1 heterocycles. The van der Waals surface area contributed by atoms with E-state index in [1.807, 2.05) is 42.5 Å². The highest BCUT2D eigenvalue weighted by molar-refractivity contribution is 8.00. The van der Waals surface area contributed by atoms with Gasteiger partial charge in [0.1, 0.15) is 5.82 Å². The van der Waals surface area contributed by atoms with Gasteiger partial charge in [-0.05, 0) is 44.9 Å². The number of halogens is 1. The summed E-state index contributed by atoms with van der Waals surface area (Å²) in [5.41, 5.74) is 1.07. The molecule has 2 fully saturated rings. The fraction of sp³-hybridized carbons (Fsp3) is 0.632. The van der Waals surface area contributed by atoms with E-state index in [2.05, 4.69) is 5.32 Å². The maximum absolute atomic E-state index is 14.4. The van der Waals surface area contributed by atoms with Gasteiger partial charge in [-0.3, -0.25) is 0 Å². The Hall–Kier alpha value is -1.43. The van der Waals surface area contributed by atoms with Crippen LogP contribution >= 0.6 is 11.8 Å². The number of amides is 2. The van der Waals surface area contributed by atoms with Gasteiger partial charge in [0.2, 0.25) is 0 Å². The predicted molar refractivity (Wildman–Crippen MR) is 104 cm³/mol. The molecule has 6 heteroatoms. The standard InChI is InChI=1S/C19H28FN3OS/c1-13(2)22(3)16-9-8-14(12-15(16)20)21-19(24)23-10-11-25-18-7-5-4-6-17(18)23/h8-9,12-13,17-18H,4-7,10-11H2,1-3H3,(H,21,24)/t17-,18+/m0/s1. The summed E-state index contributed by atoms with van der Waals surface area (Å²) in [5, 5.41) is 3.46. The molecule has 2 atom stereocenters. The minimum Gasteiger partial charge on any atom is -0.370 e. The number of hydrogen-bond acceptors (Lipinski definition) is 3. The number of carbonyl (C=O) groups is 1. The van der Waals surface area contributed by atoms with Crippen LogP contribution in [0.1, 0.15) is 39.5 Å². The van der Waals surface area contributed by atoms with Crippen LogP contribution in [-0.2, 0) is 0 Å². The molecule has 1 aromatic carbocycles. The Kier molecular flexibility index (Phi) is 5.77. The van der Waals surface area contributed by atoms with E-state index in [0.29, 0.717) is 22.7 Å². The van der Waals surface area contributed by atoms with Gasteiger partial charge >= 0.3 is 6.03 Å². The van der Waals surface area contributed by atoms with Crippen LogP contribution in [0.15, 0.2) is 18.2 Å². The van der Waals surface area contributed by atoms with Crippen molar-refractivity contribution < 1.29 is 9.18 Å². The van der Waals surface area contributed by atoms with Crippen LogP contribution in [0.25, 0.3) is 0 Å². The summed E-state index contributed by atoms with van der Waals surface area (Å²) in [6.07, 6.45) is 4.73. The number of benzene rings is 1. The van der Waals surface area contributed by atoms with Crippen LogP contribution in [0.3, 0.4) is 0 Å². The molecular formula is C19H28FN3OS. The van der Waals surface area contributed by atoms with Gasteiger partial charge in [-0.15, -0.1) is 0 Å². The third-order valence-corrected chi connectivity index (χ3v) is 6.74.